The number of hydrogen-bond acceptors (Lipinski definition) is 4. The fourth-order valence-corrected chi connectivity index (χ4v) is 3.25. The van der Waals surface area contributed by atoms with Crippen LogP contribution < -0.4 is 10.0 Å². The quantitative estimate of drug-likeness (QED) is 0.822. The first-order chi connectivity index (χ1) is 9.49. The van der Waals surface area contributed by atoms with Crippen LogP contribution in [0.25, 0.3) is 0 Å². The van der Waals surface area contributed by atoms with Crippen molar-refractivity contribution in [1.82, 2.24) is 14.9 Å². The number of hydrogen-bond donors (Lipinski definition) is 2. The normalized spacial score (nSPS) is 17.3. The molecule has 0 aromatic heterocycles. The largest absolute Gasteiger partial charge is 0.314 e. The van der Waals surface area contributed by atoms with E-state index in [1.54, 1.807) is 6.92 Å². The molecule has 1 heterocycles. The van der Waals surface area contributed by atoms with Gasteiger partial charge in [-0.25, -0.2) is 17.5 Å². The van der Waals surface area contributed by atoms with Crippen molar-refractivity contribution in [1.29, 1.82) is 0 Å². The maximum Gasteiger partial charge on any atom is 0.240 e. The van der Waals surface area contributed by atoms with Crippen molar-refractivity contribution in [3.63, 3.8) is 0 Å². The van der Waals surface area contributed by atoms with Crippen LogP contribution in [-0.2, 0) is 10.0 Å². The summed E-state index contributed by atoms with van der Waals surface area (Å²) in [6.07, 6.45) is 0. The Hall–Kier alpha value is -1.02. The standard InChI is InChI=1S/C13H20FN3O2S/c1-11-10-12(2-3-13(11)14)20(18,19)16-6-9-17-7-4-15-5-8-17/h2-3,10,15-16H,4-9H2,1H3. The second-order valence-corrected chi connectivity index (χ2v) is 6.67. The highest BCUT2D eigenvalue weighted by Crippen LogP contribution is 2.13. The summed E-state index contributed by atoms with van der Waals surface area (Å²) >= 11 is 0. The smallest absolute Gasteiger partial charge is 0.240 e. The van der Waals surface area contributed by atoms with Crippen LogP contribution in [0.15, 0.2) is 23.1 Å². The number of halogens is 1. The molecule has 2 rings (SSSR count). The minimum absolute atomic E-state index is 0.108. The Kier molecular flexibility index (Phi) is 5.09. The van der Waals surface area contributed by atoms with Gasteiger partial charge in [-0.05, 0) is 30.7 Å². The Morgan fingerprint density at radius 2 is 2.05 bits per heavy atom. The monoisotopic (exact) mass is 301 g/mol. The number of piperazine rings is 1. The second kappa shape index (κ2) is 6.62. The van der Waals surface area contributed by atoms with E-state index >= 15 is 0 Å². The van der Waals surface area contributed by atoms with Gasteiger partial charge >= 0.3 is 0 Å². The lowest BCUT2D eigenvalue weighted by atomic mass is 10.2. The van der Waals surface area contributed by atoms with Gasteiger partial charge in [0.25, 0.3) is 0 Å². The van der Waals surface area contributed by atoms with Gasteiger partial charge in [-0.3, -0.25) is 4.90 Å². The number of sulfonamides is 1. The van der Waals surface area contributed by atoms with Crippen LogP contribution in [0.5, 0.6) is 0 Å². The summed E-state index contributed by atoms with van der Waals surface area (Å²) in [7, 11) is -3.56. The van der Waals surface area contributed by atoms with Crippen molar-refractivity contribution in [2.75, 3.05) is 39.3 Å². The predicted molar refractivity (Wildman–Crippen MR) is 75.6 cm³/mol. The molecular formula is C13H20FN3O2S. The number of aryl methyl sites for hydroxylation is 1. The van der Waals surface area contributed by atoms with E-state index in [4.69, 9.17) is 0 Å². The minimum Gasteiger partial charge on any atom is -0.314 e. The van der Waals surface area contributed by atoms with Gasteiger partial charge in [0, 0.05) is 39.3 Å². The highest BCUT2D eigenvalue weighted by Gasteiger charge is 2.16. The summed E-state index contributed by atoms with van der Waals surface area (Å²) in [4.78, 5) is 2.31. The molecule has 1 aromatic rings. The van der Waals surface area contributed by atoms with E-state index in [-0.39, 0.29) is 4.90 Å². The van der Waals surface area contributed by atoms with E-state index in [0.29, 0.717) is 18.7 Å². The summed E-state index contributed by atoms with van der Waals surface area (Å²) in [5.41, 5.74) is 0.329. The Labute approximate surface area is 119 Å². The number of rotatable bonds is 5. The van der Waals surface area contributed by atoms with Crippen LogP contribution in [0, 0.1) is 12.7 Å². The van der Waals surface area contributed by atoms with Crippen molar-refractivity contribution < 1.29 is 12.8 Å². The molecule has 1 fully saturated rings. The molecule has 0 amide bonds. The molecule has 0 spiro atoms. The molecule has 0 bridgehead atoms. The molecule has 1 aliphatic rings. The van der Waals surface area contributed by atoms with Gasteiger partial charge in [0.1, 0.15) is 5.82 Å². The van der Waals surface area contributed by atoms with Crippen molar-refractivity contribution in [3.8, 4) is 0 Å². The summed E-state index contributed by atoms with van der Waals surface area (Å²) < 4.78 is 39.9. The van der Waals surface area contributed by atoms with Gasteiger partial charge in [-0.1, -0.05) is 0 Å². The molecule has 5 nitrogen and oxygen atoms in total. The van der Waals surface area contributed by atoms with E-state index in [2.05, 4.69) is 14.9 Å². The van der Waals surface area contributed by atoms with Crippen LogP contribution in [0.4, 0.5) is 4.39 Å². The molecule has 112 valence electrons. The third kappa shape index (κ3) is 3.99. The van der Waals surface area contributed by atoms with Crippen LogP contribution in [0.3, 0.4) is 0 Å². The average molecular weight is 301 g/mol. The average Bonchev–Trinajstić information content (AvgIpc) is 2.43. The lowest BCUT2D eigenvalue weighted by molar-refractivity contribution is 0.245. The maximum absolute atomic E-state index is 13.2. The molecule has 0 unspecified atom stereocenters. The first-order valence-corrected chi connectivity index (χ1v) is 8.16. The second-order valence-electron chi connectivity index (χ2n) is 4.90. The summed E-state index contributed by atoms with van der Waals surface area (Å²) in [5.74, 6) is -0.398. The SMILES string of the molecule is Cc1cc(S(=O)(=O)NCCN2CCNCC2)ccc1F. The molecule has 0 saturated carbocycles. The zero-order chi connectivity index (χ0) is 14.6. The molecule has 0 radical (unpaired) electrons. The van der Waals surface area contributed by atoms with Crippen LogP contribution >= 0.6 is 0 Å². The molecular weight excluding hydrogens is 281 g/mol. The number of benzene rings is 1. The Balaban J connectivity index is 1.91. The summed E-state index contributed by atoms with van der Waals surface area (Å²) in [6.45, 7) is 6.32. The van der Waals surface area contributed by atoms with Crippen molar-refractivity contribution >= 4 is 10.0 Å². The van der Waals surface area contributed by atoms with Gasteiger partial charge in [-0.2, -0.15) is 0 Å². The molecule has 0 aliphatic carbocycles. The molecule has 7 heteroatoms. The Morgan fingerprint density at radius 1 is 1.35 bits per heavy atom. The molecule has 1 aliphatic heterocycles. The molecule has 20 heavy (non-hydrogen) atoms. The van der Waals surface area contributed by atoms with Crippen LogP contribution in [0.2, 0.25) is 0 Å². The van der Waals surface area contributed by atoms with Gasteiger partial charge in [-0.15, -0.1) is 0 Å². The molecule has 1 aromatic carbocycles. The highest BCUT2D eigenvalue weighted by atomic mass is 32.2. The fraction of sp³-hybridized carbons (Fsp3) is 0.538. The van der Waals surface area contributed by atoms with Gasteiger partial charge in [0.05, 0.1) is 4.90 Å². The Morgan fingerprint density at radius 3 is 2.70 bits per heavy atom. The Bertz CT molecular complexity index is 557. The van der Waals surface area contributed by atoms with E-state index in [1.165, 1.54) is 18.2 Å². The van der Waals surface area contributed by atoms with Gasteiger partial charge in [0.2, 0.25) is 10.0 Å². The van der Waals surface area contributed by atoms with Crippen molar-refractivity contribution in [2.24, 2.45) is 0 Å². The van der Waals surface area contributed by atoms with E-state index in [9.17, 15) is 12.8 Å². The fourth-order valence-electron chi connectivity index (χ4n) is 2.14. The zero-order valence-corrected chi connectivity index (χ0v) is 12.3. The van der Waals surface area contributed by atoms with E-state index < -0.39 is 15.8 Å². The van der Waals surface area contributed by atoms with Gasteiger partial charge < -0.3 is 5.32 Å². The summed E-state index contributed by atoms with van der Waals surface area (Å²) in [6, 6.07) is 3.82. The third-order valence-corrected chi connectivity index (χ3v) is 4.83. The lowest BCUT2D eigenvalue weighted by Gasteiger charge is -2.27. The van der Waals surface area contributed by atoms with Crippen LogP contribution in [-0.4, -0.2) is 52.6 Å². The first kappa shape index (κ1) is 15.4. The van der Waals surface area contributed by atoms with Crippen molar-refractivity contribution in [2.45, 2.75) is 11.8 Å². The topological polar surface area (TPSA) is 61.4 Å². The maximum atomic E-state index is 13.2. The van der Waals surface area contributed by atoms with E-state index in [1.807, 2.05) is 0 Å². The molecule has 1 saturated heterocycles. The highest BCUT2D eigenvalue weighted by molar-refractivity contribution is 7.89. The van der Waals surface area contributed by atoms with Crippen LogP contribution in [0.1, 0.15) is 5.56 Å². The third-order valence-electron chi connectivity index (χ3n) is 3.37. The van der Waals surface area contributed by atoms with E-state index in [0.717, 1.165) is 26.2 Å². The number of nitrogens with one attached hydrogen (secondary N) is 2. The number of nitrogens with zero attached hydrogens (tertiary/aromatic N) is 1. The zero-order valence-electron chi connectivity index (χ0n) is 11.5. The minimum atomic E-state index is -3.56. The molecule has 0 atom stereocenters. The summed E-state index contributed by atoms with van der Waals surface area (Å²) in [5, 5.41) is 3.24. The van der Waals surface area contributed by atoms with Gasteiger partial charge in [0.15, 0.2) is 0 Å². The first-order valence-electron chi connectivity index (χ1n) is 6.68. The molecule has 2 N–H and O–H groups in total. The van der Waals surface area contributed by atoms with Crippen molar-refractivity contribution in [3.05, 3.63) is 29.6 Å². The predicted octanol–water partition coefficient (Wildman–Crippen LogP) is 0.318. The lowest BCUT2D eigenvalue weighted by Crippen LogP contribution is -2.46.